The molecule has 2 aromatic heterocycles. The highest BCUT2D eigenvalue weighted by Crippen LogP contribution is 1.83. The molecule has 0 radical (unpaired) electrons. The number of hydrogen-bond donors (Lipinski definition) is 0. The predicted molar refractivity (Wildman–Crippen MR) is 35.4 cm³/mol. The van der Waals surface area contributed by atoms with Gasteiger partial charge >= 0.3 is 0 Å². The first-order valence-electron chi connectivity index (χ1n) is 3.13. The van der Waals surface area contributed by atoms with Crippen LogP contribution < -0.4 is 0 Å². The summed E-state index contributed by atoms with van der Waals surface area (Å²) in [6, 6.07) is 0. The maximum absolute atomic E-state index is 3.77. The topological polar surface area (TPSA) is 61.4 Å². The van der Waals surface area contributed by atoms with Crippen LogP contribution in [0.4, 0.5) is 0 Å². The molecule has 2 aromatic rings. The van der Waals surface area contributed by atoms with Gasteiger partial charge in [0.25, 0.3) is 0 Å². The summed E-state index contributed by atoms with van der Waals surface area (Å²) in [7, 11) is 0. The minimum absolute atomic E-state index is 0.556. The molecule has 2 rings (SSSR count). The van der Waals surface area contributed by atoms with Gasteiger partial charge in [-0.25, -0.2) is 9.36 Å². The first-order chi connectivity index (χ1) is 5.45. The summed E-state index contributed by atoms with van der Waals surface area (Å²) in [6.07, 6.45) is 6.78. The molecule has 56 valence electrons. The van der Waals surface area contributed by atoms with Crippen molar-refractivity contribution in [3.05, 3.63) is 24.8 Å². The molecule has 2 heterocycles. The van der Waals surface area contributed by atoms with Crippen LogP contribution >= 0.6 is 0 Å². The highest BCUT2D eigenvalue weighted by atomic mass is 15.5. The zero-order chi connectivity index (χ0) is 7.52. The molecule has 0 fully saturated rings. The van der Waals surface area contributed by atoms with Crippen molar-refractivity contribution in [3.8, 4) is 0 Å². The third kappa shape index (κ3) is 1.23. The molecule has 11 heavy (non-hydrogen) atoms. The van der Waals surface area contributed by atoms with Gasteiger partial charge in [-0.1, -0.05) is 10.4 Å². The van der Waals surface area contributed by atoms with Gasteiger partial charge in [-0.3, -0.25) is 0 Å². The van der Waals surface area contributed by atoms with Crippen molar-refractivity contribution < 1.29 is 0 Å². The maximum Gasteiger partial charge on any atom is 0.136 e. The lowest BCUT2D eigenvalue weighted by molar-refractivity contribution is 0.478. The second-order valence-electron chi connectivity index (χ2n) is 2.03. The van der Waals surface area contributed by atoms with Crippen LogP contribution in [0.5, 0.6) is 0 Å². The van der Waals surface area contributed by atoms with Crippen LogP contribution in [-0.4, -0.2) is 30.0 Å². The second kappa shape index (κ2) is 2.49. The lowest BCUT2D eigenvalue weighted by Gasteiger charge is -1.96. The van der Waals surface area contributed by atoms with Crippen molar-refractivity contribution >= 4 is 0 Å². The summed E-state index contributed by atoms with van der Waals surface area (Å²) in [6.45, 7) is 0.556. The van der Waals surface area contributed by atoms with E-state index in [-0.39, 0.29) is 0 Å². The fourth-order valence-electron chi connectivity index (χ4n) is 0.765. The molecule has 0 atom stereocenters. The molecule has 0 aliphatic carbocycles. The first-order valence-corrected chi connectivity index (χ1v) is 3.13. The quantitative estimate of drug-likeness (QED) is 0.572. The van der Waals surface area contributed by atoms with E-state index < -0.39 is 0 Å². The smallest absolute Gasteiger partial charge is 0.136 e. The summed E-state index contributed by atoms with van der Waals surface area (Å²) < 4.78 is 3.32. The molecule has 0 amide bonds. The van der Waals surface area contributed by atoms with Crippen LogP contribution in [0.15, 0.2) is 24.8 Å². The summed E-state index contributed by atoms with van der Waals surface area (Å²) in [5.74, 6) is 0. The molecule has 0 aliphatic rings. The SMILES string of the molecule is c1cn(Cn2ccnn2)nn1. The molecule has 0 saturated carbocycles. The van der Waals surface area contributed by atoms with Gasteiger partial charge in [0.2, 0.25) is 0 Å². The van der Waals surface area contributed by atoms with E-state index in [0.29, 0.717) is 6.67 Å². The highest BCUT2D eigenvalue weighted by molar-refractivity contribution is 4.67. The van der Waals surface area contributed by atoms with Gasteiger partial charge in [0.1, 0.15) is 6.67 Å². The van der Waals surface area contributed by atoms with Crippen molar-refractivity contribution in [2.24, 2.45) is 0 Å². The Morgan fingerprint density at radius 1 is 0.909 bits per heavy atom. The first kappa shape index (κ1) is 6.02. The summed E-state index contributed by atoms with van der Waals surface area (Å²) in [5, 5.41) is 14.8. The van der Waals surface area contributed by atoms with Gasteiger partial charge in [-0.15, -0.1) is 10.2 Å². The molecule has 6 nitrogen and oxygen atoms in total. The molecule has 0 aromatic carbocycles. The number of aromatic nitrogens is 6. The van der Waals surface area contributed by atoms with Crippen LogP contribution in [0.1, 0.15) is 0 Å². The predicted octanol–water partition coefficient (Wildman–Crippen LogP) is -0.625. The van der Waals surface area contributed by atoms with E-state index in [1.54, 1.807) is 34.2 Å². The summed E-state index contributed by atoms with van der Waals surface area (Å²) in [4.78, 5) is 0. The molecule has 0 N–H and O–H groups in total. The fourth-order valence-corrected chi connectivity index (χ4v) is 0.765. The number of hydrogen-bond acceptors (Lipinski definition) is 4. The minimum atomic E-state index is 0.556. The monoisotopic (exact) mass is 150 g/mol. The van der Waals surface area contributed by atoms with Crippen LogP contribution in [0.3, 0.4) is 0 Å². The van der Waals surface area contributed by atoms with Gasteiger partial charge in [0, 0.05) is 12.4 Å². The third-order valence-corrected chi connectivity index (χ3v) is 1.23. The number of nitrogens with zero attached hydrogens (tertiary/aromatic N) is 6. The molecule has 0 bridgehead atoms. The Labute approximate surface area is 62.4 Å². The lowest BCUT2D eigenvalue weighted by atomic mass is 10.8. The van der Waals surface area contributed by atoms with E-state index in [9.17, 15) is 0 Å². The van der Waals surface area contributed by atoms with Crippen LogP contribution in [0.2, 0.25) is 0 Å². The Hall–Kier alpha value is -1.72. The van der Waals surface area contributed by atoms with E-state index in [0.717, 1.165) is 0 Å². The van der Waals surface area contributed by atoms with Crippen molar-refractivity contribution in [1.82, 2.24) is 30.0 Å². The van der Waals surface area contributed by atoms with Crippen molar-refractivity contribution in [2.75, 3.05) is 0 Å². The van der Waals surface area contributed by atoms with E-state index >= 15 is 0 Å². The van der Waals surface area contributed by atoms with Gasteiger partial charge < -0.3 is 0 Å². The Morgan fingerprint density at radius 3 is 1.82 bits per heavy atom. The zero-order valence-electron chi connectivity index (χ0n) is 5.70. The molecule has 0 unspecified atom stereocenters. The molecule has 0 saturated heterocycles. The maximum atomic E-state index is 3.77. The molecule has 0 aliphatic heterocycles. The third-order valence-electron chi connectivity index (χ3n) is 1.23. The molecule has 0 spiro atoms. The average Bonchev–Trinajstić information content (AvgIpc) is 2.60. The average molecular weight is 150 g/mol. The molecular formula is C5H6N6. The Balaban J connectivity index is 2.14. The van der Waals surface area contributed by atoms with Gasteiger partial charge in [-0.05, 0) is 0 Å². The van der Waals surface area contributed by atoms with Gasteiger partial charge in [0.15, 0.2) is 0 Å². The van der Waals surface area contributed by atoms with Crippen LogP contribution in [0.25, 0.3) is 0 Å². The Bertz CT molecular complexity index is 263. The van der Waals surface area contributed by atoms with Crippen molar-refractivity contribution in [1.29, 1.82) is 0 Å². The van der Waals surface area contributed by atoms with E-state index in [2.05, 4.69) is 20.6 Å². The van der Waals surface area contributed by atoms with Gasteiger partial charge in [0.05, 0.1) is 12.4 Å². The zero-order valence-corrected chi connectivity index (χ0v) is 5.70. The Morgan fingerprint density at radius 2 is 1.45 bits per heavy atom. The number of rotatable bonds is 2. The van der Waals surface area contributed by atoms with Crippen LogP contribution in [-0.2, 0) is 6.67 Å². The van der Waals surface area contributed by atoms with Gasteiger partial charge in [-0.2, -0.15) is 0 Å². The van der Waals surface area contributed by atoms with Crippen molar-refractivity contribution in [2.45, 2.75) is 6.67 Å². The van der Waals surface area contributed by atoms with E-state index in [1.807, 2.05) is 0 Å². The highest BCUT2D eigenvalue weighted by Gasteiger charge is 1.91. The van der Waals surface area contributed by atoms with Crippen molar-refractivity contribution in [3.63, 3.8) is 0 Å². The fraction of sp³-hybridized carbons (Fsp3) is 0.200. The second-order valence-corrected chi connectivity index (χ2v) is 2.03. The Kier molecular flexibility index (Phi) is 1.36. The summed E-state index contributed by atoms with van der Waals surface area (Å²) in [5.41, 5.74) is 0. The van der Waals surface area contributed by atoms with Crippen LogP contribution in [0, 0.1) is 0 Å². The normalized spacial score (nSPS) is 10.2. The van der Waals surface area contributed by atoms with E-state index in [4.69, 9.17) is 0 Å². The lowest BCUT2D eigenvalue weighted by Crippen LogP contribution is -2.09. The standard InChI is InChI=1S/C5H6N6/c1-3-10(8-6-1)5-11-4-2-7-9-11/h1-4H,5H2. The largest absolute Gasteiger partial charge is 0.231 e. The summed E-state index contributed by atoms with van der Waals surface area (Å²) >= 11 is 0. The molecule has 6 heteroatoms. The minimum Gasteiger partial charge on any atom is -0.231 e. The molecular weight excluding hydrogens is 144 g/mol. The van der Waals surface area contributed by atoms with E-state index in [1.165, 1.54) is 0 Å².